The molecule has 1 aliphatic heterocycles. The molecule has 0 fully saturated rings. The summed E-state index contributed by atoms with van der Waals surface area (Å²) in [6.45, 7) is 0. The number of nitrogens with one attached hydrogen (secondary N) is 1. The standard InChI is InChI=1S/C22H17Cl2N/c23-18-10-4-9-17(21(18)24)22-16-8-3-7-15(16)20-14-6-2-1-5-13(14)11-12-19(20)25-22/h1-7,9-12,15-16,22,25H,8H2/t15-,16+,22-/m1/s1. The van der Waals surface area contributed by atoms with Gasteiger partial charge in [-0.2, -0.15) is 0 Å². The molecule has 5 rings (SSSR count). The van der Waals surface area contributed by atoms with E-state index in [0.717, 1.165) is 12.0 Å². The van der Waals surface area contributed by atoms with Gasteiger partial charge in [0.15, 0.2) is 0 Å². The Morgan fingerprint density at radius 3 is 2.72 bits per heavy atom. The van der Waals surface area contributed by atoms with Crippen LogP contribution in [0.3, 0.4) is 0 Å². The lowest BCUT2D eigenvalue weighted by molar-refractivity contribution is 0.427. The molecule has 3 atom stereocenters. The van der Waals surface area contributed by atoms with E-state index < -0.39 is 0 Å². The lowest BCUT2D eigenvalue weighted by Gasteiger charge is -2.38. The molecule has 0 radical (unpaired) electrons. The van der Waals surface area contributed by atoms with Crippen LogP contribution >= 0.6 is 23.2 Å². The maximum Gasteiger partial charge on any atom is 0.0645 e. The molecule has 3 aromatic rings. The van der Waals surface area contributed by atoms with Gasteiger partial charge >= 0.3 is 0 Å². The Morgan fingerprint density at radius 1 is 0.920 bits per heavy atom. The summed E-state index contributed by atoms with van der Waals surface area (Å²) in [5, 5.41) is 7.67. The molecule has 1 N–H and O–H groups in total. The number of benzene rings is 3. The highest BCUT2D eigenvalue weighted by Crippen LogP contribution is 2.52. The lowest BCUT2D eigenvalue weighted by Crippen LogP contribution is -2.29. The van der Waals surface area contributed by atoms with Crippen LogP contribution in [-0.2, 0) is 0 Å². The van der Waals surface area contributed by atoms with Crippen LogP contribution < -0.4 is 5.32 Å². The fraction of sp³-hybridized carbons (Fsp3) is 0.182. The van der Waals surface area contributed by atoms with Crippen LogP contribution in [0.2, 0.25) is 10.0 Å². The average Bonchev–Trinajstić information content (AvgIpc) is 3.13. The van der Waals surface area contributed by atoms with Crippen molar-refractivity contribution in [2.24, 2.45) is 5.92 Å². The molecule has 1 heterocycles. The van der Waals surface area contributed by atoms with Gasteiger partial charge in [-0.05, 0) is 46.4 Å². The Morgan fingerprint density at radius 2 is 1.80 bits per heavy atom. The minimum atomic E-state index is 0.167. The van der Waals surface area contributed by atoms with Crippen molar-refractivity contribution in [3.63, 3.8) is 0 Å². The van der Waals surface area contributed by atoms with E-state index in [1.165, 1.54) is 22.0 Å². The summed E-state index contributed by atoms with van der Waals surface area (Å²) in [6.07, 6.45) is 5.72. The minimum absolute atomic E-state index is 0.167. The third-order valence-electron chi connectivity index (χ3n) is 5.57. The normalized spacial score (nSPS) is 24.0. The van der Waals surface area contributed by atoms with Gasteiger partial charge in [-0.15, -0.1) is 0 Å². The first-order valence-electron chi connectivity index (χ1n) is 8.63. The highest BCUT2D eigenvalue weighted by Gasteiger charge is 2.39. The van der Waals surface area contributed by atoms with Gasteiger partial charge in [0.05, 0.1) is 16.1 Å². The number of anilines is 1. The van der Waals surface area contributed by atoms with Crippen LogP contribution in [0.5, 0.6) is 0 Å². The summed E-state index contributed by atoms with van der Waals surface area (Å²) in [6, 6.07) is 19.1. The summed E-state index contributed by atoms with van der Waals surface area (Å²) in [5.41, 5.74) is 3.70. The summed E-state index contributed by atoms with van der Waals surface area (Å²) < 4.78 is 0. The molecule has 0 saturated heterocycles. The second-order valence-corrected chi connectivity index (χ2v) is 7.65. The fourth-order valence-corrected chi connectivity index (χ4v) is 4.87. The van der Waals surface area contributed by atoms with Crippen LogP contribution in [-0.4, -0.2) is 0 Å². The molecular weight excluding hydrogens is 349 g/mol. The molecule has 1 aliphatic carbocycles. The third kappa shape index (κ3) is 2.30. The number of rotatable bonds is 1. The van der Waals surface area contributed by atoms with E-state index in [0.29, 0.717) is 21.9 Å². The van der Waals surface area contributed by atoms with E-state index in [-0.39, 0.29) is 6.04 Å². The Hall–Kier alpha value is -1.96. The molecule has 0 unspecified atom stereocenters. The molecule has 0 saturated carbocycles. The third-order valence-corrected chi connectivity index (χ3v) is 6.41. The first-order chi connectivity index (χ1) is 12.2. The van der Waals surface area contributed by atoms with Crippen molar-refractivity contribution in [2.75, 3.05) is 5.32 Å². The predicted octanol–water partition coefficient (Wildman–Crippen LogP) is 6.97. The Kier molecular flexibility index (Phi) is 3.55. The molecule has 3 aromatic carbocycles. The maximum absolute atomic E-state index is 6.55. The lowest BCUT2D eigenvalue weighted by atomic mass is 9.75. The zero-order valence-electron chi connectivity index (χ0n) is 13.5. The second kappa shape index (κ2) is 5.79. The zero-order chi connectivity index (χ0) is 17.0. The van der Waals surface area contributed by atoms with Crippen LogP contribution in [0.25, 0.3) is 10.8 Å². The molecule has 3 heteroatoms. The molecule has 25 heavy (non-hydrogen) atoms. The SMILES string of the molecule is Clc1cccc([C@@H]2Nc3ccc4ccccc4c3[C@@H]3C=CC[C@@H]32)c1Cl. The van der Waals surface area contributed by atoms with E-state index in [2.05, 4.69) is 59.9 Å². The van der Waals surface area contributed by atoms with Gasteiger partial charge in [0.2, 0.25) is 0 Å². The molecule has 0 bridgehead atoms. The highest BCUT2D eigenvalue weighted by molar-refractivity contribution is 6.42. The van der Waals surface area contributed by atoms with Crippen LogP contribution in [0.1, 0.15) is 29.5 Å². The molecule has 2 aliphatic rings. The van der Waals surface area contributed by atoms with E-state index in [1.807, 2.05) is 12.1 Å². The largest absolute Gasteiger partial charge is 0.378 e. The number of fused-ring (bicyclic) bond motifs is 5. The Labute approximate surface area is 157 Å². The molecular formula is C22H17Cl2N. The number of halogens is 2. The quantitative estimate of drug-likeness (QED) is 0.459. The molecule has 124 valence electrons. The Balaban J connectivity index is 1.70. The van der Waals surface area contributed by atoms with Crippen LogP contribution in [0.4, 0.5) is 5.69 Å². The van der Waals surface area contributed by atoms with Crippen molar-refractivity contribution < 1.29 is 0 Å². The van der Waals surface area contributed by atoms with Crippen molar-refractivity contribution >= 4 is 39.7 Å². The monoisotopic (exact) mass is 365 g/mol. The predicted molar refractivity (Wildman–Crippen MR) is 107 cm³/mol. The summed E-state index contributed by atoms with van der Waals surface area (Å²) in [4.78, 5) is 0. The summed E-state index contributed by atoms with van der Waals surface area (Å²) in [7, 11) is 0. The average molecular weight is 366 g/mol. The van der Waals surface area contributed by atoms with Crippen molar-refractivity contribution in [3.05, 3.63) is 87.9 Å². The maximum atomic E-state index is 6.55. The topological polar surface area (TPSA) is 12.0 Å². The molecule has 0 spiro atoms. The number of allylic oxidation sites excluding steroid dienone is 2. The molecule has 1 nitrogen and oxygen atoms in total. The van der Waals surface area contributed by atoms with Crippen molar-refractivity contribution in [3.8, 4) is 0 Å². The van der Waals surface area contributed by atoms with Gasteiger partial charge in [-0.3, -0.25) is 0 Å². The molecule has 0 amide bonds. The molecule has 0 aromatic heterocycles. The van der Waals surface area contributed by atoms with E-state index >= 15 is 0 Å². The van der Waals surface area contributed by atoms with Gasteiger partial charge in [-0.1, -0.05) is 77.8 Å². The van der Waals surface area contributed by atoms with Gasteiger partial charge in [0.25, 0.3) is 0 Å². The van der Waals surface area contributed by atoms with E-state index in [9.17, 15) is 0 Å². The first-order valence-corrected chi connectivity index (χ1v) is 9.38. The first kappa shape index (κ1) is 15.3. The van der Waals surface area contributed by atoms with Crippen molar-refractivity contribution in [2.45, 2.75) is 18.4 Å². The van der Waals surface area contributed by atoms with Crippen molar-refractivity contribution in [1.82, 2.24) is 0 Å². The van der Waals surface area contributed by atoms with Gasteiger partial charge < -0.3 is 5.32 Å². The second-order valence-electron chi connectivity index (χ2n) is 6.87. The Bertz CT molecular complexity index is 1010. The van der Waals surface area contributed by atoms with Gasteiger partial charge in [-0.25, -0.2) is 0 Å². The van der Waals surface area contributed by atoms with Crippen LogP contribution in [0, 0.1) is 5.92 Å². The van der Waals surface area contributed by atoms with Crippen LogP contribution in [0.15, 0.2) is 66.7 Å². The van der Waals surface area contributed by atoms with Gasteiger partial charge in [0, 0.05) is 11.6 Å². The number of hydrogen-bond donors (Lipinski definition) is 1. The van der Waals surface area contributed by atoms with Crippen molar-refractivity contribution in [1.29, 1.82) is 0 Å². The summed E-state index contributed by atoms with van der Waals surface area (Å²) in [5.74, 6) is 0.858. The summed E-state index contributed by atoms with van der Waals surface area (Å²) >= 11 is 12.8. The van der Waals surface area contributed by atoms with Gasteiger partial charge in [0.1, 0.15) is 0 Å². The number of hydrogen-bond acceptors (Lipinski definition) is 1. The smallest absolute Gasteiger partial charge is 0.0645 e. The zero-order valence-corrected chi connectivity index (χ0v) is 15.1. The highest BCUT2D eigenvalue weighted by atomic mass is 35.5. The minimum Gasteiger partial charge on any atom is -0.378 e. The fourth-order valence-electron chi connectivity index (χ4n) is 4.45. The van der Waals surface area contributed by atoms with E-state index in [1.54, 1.807) is 0 Å². The van der Waals surface area contributed by atoms with E-state index in [4.69, 9.17) is 23.2 Å².